The zero-order valence-corrected chi connectivity index (χ0v) is 58.5. The molecule has 0 unspecified atom stereocenters. The van der Waals surface area contributed by atoms with E-state index < -0.39 is 0 Å². The Kier molecular flexibility index (Phi) is 23.3. The van der Waals surface area contributed by atoms with Gasteiger partial charge in [0.1, 0.15) is 16.7 Å². The molecule has 486 valence electrons. The quantitative estimate of drug-likeness (QED) is 0.0443. The summed E-state index contributed by atoms with van der Waals surface area (Å²) in [5.41, 5.74) is 21.9. The van der Waals surface area contributed by atoms with Gasteiger partial charge in [-0.25, -0.2) is 0 Å². The largest absolute Gasteiger partial charge is 3.00 e. The minimum atomic E-state index is 0. The van der Waals surface area contributed by atoms with E-state index in [1.807, 2.05) is 91.4 Å². The first-order chi connectivity index (χ1) is 47.5. The predicted octanol–water partition coefficient (Wildman–Crippen LogP) is 25.9. The second-order valence-corrected chi connectivity index (χ2v) is 25.5. The number of nitrogens with zero attached hydrogens (tertiary/aromatic N) is 3. The predicted molar refractivity (Wildman–Crippen MR) is 401 cm³/mol. The minimum Gasteiger partial charge on any atom is -0.501 e. The van der Waals surface area contributed by atoms with Gasteiger partial charge in [-0.3, -0.25) is 0 Å². The van der Waals surface area contributed by atoms with E-state index in [1.54, 1.807) is 0 Å². The summed E-state index contributed by atoms with van der Waals surface area (Å²) in [6.45, 7) is 6.79. The average molecular weight is 1450 g/mol. The number of aromatic nitrogens is 3. The van der Waals surface area contributed by atoms with E-state index in [-0.39, 0.29) is 20.1 Å². The van der Waals surface area contributed by atoms with Crippen LogP contribution in [0.5, 0.6) is 0 Å². The topological polar surface area (TPSA) is 78.1 Å². The van der Waals surface area contributed by atoms with Crippen molar-refractivity contribution >= 4 is 65.8 Å². The van der Waals surface area contributed by atoms with Crippen LogP contribution in [0.25, 0.3) is 133 Å². The van der Waals surface area contributed by atoms with Crippen LogP contribution in [0.4, 0.5) is 0 Å². The van der Waals surface area contributed by atoms with Gasteiger partial charge in [0.15, 0.2) is 0 Å². The molecule has 0 amide bonds. The number of fused-ring (bicyclic) bond motifs is 9. The van der Waals surface area contributed by atoms with Crippen LogP contribution in [0.2, 0.25) is 0 Å². The molecule has 9 aromatic carbocycles. The molecule has 0 spiro atoms. The minimum absolute atomic E-state index is 0. The van der Waals surface area contributed by atoms with E-state index in [1.165, 1.54) is 130 Å². The zero-order valence-electron chi connectivity index (χ0n) is 56.1. The molecule has 0 N–H and O–H groups in total. The maximum atomic E-state index is 6.16. The molecule has 0 aliphatic carbocycles. The van der Waals surface area contributed by atoms with Crippen LogP contribution < -0.4 is 0 Å². The molecule has 15 rings (SSSR count). The Morgan fingerprint density at radius 1 is 0.278 bits per heavy atom. The molecule has 0 aliphatic rings. The Bertz CT molecular complexity index is 4500. The van der Waals surface area contributed by atoms with Crippen LogP contribution in [0.15, 0.2) is 250 Å². The van der Waals surface area contributed by atoms with Crippen molar-refractivity contribution in [2.75, 3.05) is 0 Å². The van der Waals surface area contributed by atoms with Crippen molar-refractivity contribution in [3.8, 4) is 67.2 Å². The molecule has 7 heteroatoms. The number of rotatable bonds is 24. The van der Waals surface area contributed by atoms with Crippen molar-refractivity contribution < 1.29 is 33.4 Å². The molecule has 0 aliphatic heterocycles. The summed E-state index contributed by atoms with van der Waals surface area (Å²) in [7, 11) is 0. The summed E-state index contributed by atoms with van der Waals surface area (Å²) in [5.74, 6) is 0. The van der Waals surface area contributed by atoms with Gasteiger partial charge in [0, 0.05) is 34.7 Å². The fourth-order valence-corrected chi connectivity index (χ4v) is 13.3. The van der Waals surface area contributed by atoms with Crippen molar-refractivity contribution in [2.24, 2.45) is 0 Å². The average Bonchev–Trinajstić information content (AvgIpc) is 1.65. The Morgan fingerprint density at radius 2 is 0.577 bits per heavy atom. The molecule has 6 nitrogen and oxygen atoms in total. The SMILES string of the molecule is CCCCCCCc1cccc(-c2ccc(-c3[c-]ccc4c3oc3ccccc34)nc2)c1.CCCCCCCc1cccc(-c2ccc(-c3[c-]ccc4c3oc3ccccc34)nc2)c1.CCCCCCCc1cccc(-c2ccc(-c3[c-]ccc4c3oc3ccccc34)nc2)c1.[Ir+3]. The third-order valence-corrected chi connectivity index (χ3v) is 18.6. The van der Waals surface area contributed by atoms with Gasteiger partial charge in [-0.2, -0.15) is 0 Å². The zero-order chi connectivity index (χ0) is 65.3. The number of hydrogen-bond donors (Lipinski definition) is 0. The number of pyridine rings is 3. The molecule has 6 heterocycles. The molecule has 0 saturated carbocycles. The second kappa shape index (κ2) is 33.4. The van der Waals surface area contributed by atoms with Crippen LogP contribution >= 0.6 is 0 Å². The van der Waals surface area contributed by atoms with E-state index in [0.717, 1.165) is 136 Å². The maximum Gasteiger partial charge on any atom is 3.00 e. The molecule has 0 fully saturated rings. The van der Waals surface area contributed by atoms with Crippen LogP contribution in [0.1, 0.15) is 134 Å². The molecule has 97 heavy (non-hydrogen) atoms. The summed E-state index contributed by atoms with van der Waals surface area (Å²) < 4.78 is 18.5. The van der Waals surface area contributed by atoms with E-state index >= 15 is 0 Å². The van der Waals surface area contributed by atoms with Gasteiger partial charge in [-0.1, -0.05) is 294 Å². The summed E-state index contributed by atoms with van der Waals surface area (Å²) >= 11 is 0. The molecule has 0 saturated heterocycles. The van der Waals surface area contributed by atoms with E-state index in [4.69, 9.17) is 28.2 Å². The van der Waals surface area contributed by atoms with E-state index in [9.17, 15) is 0 Å². The monoisotopic (exact) mass is 1450 g/mol. The van der Waals surface area contributed by atoms with Gasteiger partial charge in [0.05, 0.1) is 16.7 Å². The van der Waals surface area contributed by atoms with E-state index in [2.05, 4.69) is 185 Å². The smallest absolute Gasteiger partial charge is 0.501 e. The number of para-hydroxylation sites is 3. The fourth-order valence-electron chi connectivity index (χ4n) is 13.3. The summed E-state index contributed by atoms with van der Waals surface area (Å²) in [5, 5.41) is 6.69. The van der Waals surface area contributed by atoms with Crippen molar-refractivity contribution in [3.05, 3.63) is 272 Å². The number of benzene rings is 9. The molecule has 0 atom stereocenters. The summed E-state index contributed by atoms with van der Waals surface area (Å²) in [6, 6.07) is 85.8. The molecule has 6 aromatic heterocycles. The summed E-state index contributed by atoms with van der Waals surface area (Å²) in [6.07, 6.45) is 29.0. The Hall–Kier alpha value is -9.52. The van der Waals surface area contributed by atoms with Crippen molar-refractivity contribution in [2.45, 2.75) is 136 Å². The second-order valence-electron chi connectivity index (χ2n) is 25.5. The van der Waals surface area contributed by atoms with Gasteiger partial charge in [-0.15, -0.1) is 54.6 Å². The van der Waals surface area contributed by atoms with Crippen molar-refractivity contribution in [1.82, 2.24) is 15.0 Å². The fraction of sp³-hybridized carbons (Fsp3) is 0.233. The van der Waals surface area contributed by atoms with Gasteiger partial charge in [0.25, 0.3) is 0 Å². The van der Waals surface area contributed by atoms with Crippen molar-refractivity contribution in [1.29, 1.82) is 0 Å². The number of hydrogen-bond acceptors (Lipinski definition) is 6. The van der Waals surface area contributed by atoms with Crippen molar-refractivity contribution in [3.63, 3.8) is 0 Å². The Labute approximate surface area is 585 Å². The molecule has 0 bridgehead atoms. The number of furan rings is 3. The number of unbranched alkanes of at least 4 members (excludes halogenated alkanes) is 12. The normalized spacial score (nSPS) is 11.3. The molecule has 15 aromatic rings. The van der Waals surface area contributed by atoms with Crippen LogP contribution in [0, 0.1) is 18.2 Å². The van der Waals surface area contributed by atoms with Crippen LogP contribution in [0.3, 0.4) is 0 Å². The molecular formula is C90H84IrN3O3. The van der Waals surface area contributed by atoms with E-state index in [0.29, 0.717) is 0 Å². The Morgan fingerprint density at radius 3 is 0.866 bits per heavy atom. The first-order valence-corrected chi connectivity index (χ1v) is 35.1. The van der Waals surface area contributed by atoms with Crippen LogP contribution in [-0.4, -0.2) is 15.0 Å². The van der Waals surface area contributed by atoms with Gasteiger partial charge >= 0.3 is 20.1 Å². The van der Waals surface area contributed by atoms with Gasteiger partial charge in [0.2, 0.25) is 0 Å². The maximum absolute atomic E-state index is 6.16. The first kappa shape index (κ1) is 67.5. The van der Waals surface area contributed by atoms with Gasteiger partial charge < -0.3 is 28.2 Å². The van der Waals surface area contributed by atoms with Crippen LogP contribution in [-0.2, 0) is 39.4 Å². The summed E-state index contributed by atoms with van der Waals surface area (Å²) in [4.78, 5) is 14.3. The molecular weight excluding hydrogens is 1360 g/mol. The third kappa shape index (κ3) is 16.3. The number of aryl methyl sites for hydroxylation is 3. The van der Waals surface area contributed by atoms with Gasteiger partial charge in [-0.05, 0) is 124 Å². The third-order valence-electron chi connectivity index (χ3n) is 18.6. The molecule has 0 radical (unpaired) electrons. The first-order valence-electron chi connectivity index (χ1n) is 35.1. The Balaban J connectivity index is 0.000000138. The standard InChI is InChI=1S/3C30H28NO.Ir/c3*1-2-3-4-5-6-11-22-12-9-13-23(20-22)24-18-19-28(31-21-24)27-16-10-15-26-25-14-7-8-17-29(25)32-30(26)27;/h3*7-10,12-15,17-21H,2-6,11H2,1H3;/q3*-1;+3.